The molecule has 0 radical (unpaired) electrons. The van der Waals surface area contributed by atoms with Crippen LogP contribution in [0, 0.1) is 0 Å². The first-order chi connectivity index (χ1) is 8.08. The van der Waals surface area contributed by atoms with Crippen LogP contribution in [0.25, 0.3) is 0 Å². The molecule has 92 valence electrons. The summed E-state index contributed by atoms with van der Waals surface area (Å²) in [5.41, 5.74) is 2.04. The number of amides is 1. The highest BCUT2D eigenvalue weighted by atomic mass is 16.5. The summed E-state index contributed by atoms with van der Waals surface area (Å²) in [4.78, 5) is 21.9. The average molecular weight is 235 g/mol. The van der Waals surface area contributed by atoms with E-state index in [4.69, 9.17) is 4.74 Å². The van der Waals surface area contributed by atoms with Crippen LogP contribution in [-0.4, -0.2) is 18.8 Å². The van der Waals surface area contributed by atoms with Crippen molar-refractivity contribution in [2.75, 3.05) is 7.11 Å². The Labute approximate surface area is 101 Å². The van der Waals surface area contributed by atoms with Gasteiger partial charge in [-0.1, -0.05) is 19.1 Å². The Kier molecular flexibility index (Phi) is 4.69. The van der Waals surface area contributed by atoms with Gasteiger partial charge >= 0.3 is 0 Å². The van der Waals surface area contributed by atoms with Gasteiger partial charge in [0.15, 0.2) is 0 Å². The molecule has 0 aliphatic carbocycles. The highest BCUT2D eigenvalue weighted by molar-refractivity contribution is 6.35. The summed E-state index contributed by atoms with van der Waals surface area (Å²) in [7, 11) is 1.63. The molecule has 0 atom stereocenters. The number of ketones is 1. The zero-order valence-electron chi connectivity index (χ0n) is 10.4. The number of nitrogens with one attached hydrogen (secondary N) is 1. The minimum atomic E-state index is -0.557. The van der Waals surface area contributed by atoms with Crippen LogP contribution in [0.15, 0.2) is 18.2 Å². The van der Waals surface area contributed by atoms with Crippen molar-refractivity contribution in [3.8, 4) is 5.75 Å². The summed E-state index contributed by atoms with van der Waals surface area (Å²) in [6, 6.07) is 5.71. The van der Waals surface area contributed by atoms with E-state index in [1.807, 2.05) is 25.1 Å². The van der Waals surface area contributed by atoms with E-state index in [0.29, 0.717) is 6.54 Å². The van der Waals surface area contributed by atoms with Gasteiger partial charge in [-0.15, -0.1) is 0 Å². The number of carbonyl (C=O) groups excluding carboxylic acids is 2. The molecule has 0 bridgehead atoms. The van der Waals surface area contributed by atoms with Crippen molar-refractivity contribution in [3.05, 3.63) is 29.3 Å². The van der Waals surface area contributed by atoms with Crippen LogP contribution in [0.1, 0.15) is 25.0 Å². The Morgan fingerprint density at radius 2 is 2.06 bits per heavy atom. The topological polar surface area (TPSA) is 55.4 Å². The second-order valence-corrected chi connectivity index (χ2v) is 3.74. The van der Waals surface area contributed by atoms with E-state index in [1.165, 1.54) is 6.92 Å². The number of benzene rings is 1. The molecule has 0 fully saturated rings. The Balaban J connectivity index is 2.73. The average Bonchev–Trinajstić information content (AvgIpc) is 2.35. The molecule has 0 aliphatic heterocycles. The quantitative estimate of drug-likeness (QED) is 0.786. The van der Waals surface area contributed by atoms with Gasteiger partial charge in [-0.05, 0) is 23.6 Å². The van der Waals surface area contributed by atoms with Gasteiger partial charge in [-0.25, -0.2) is 0 Å². The zero-order valence-corrected chi connectivity index (χ0v) is 10.4. The summed E-state index contributed by atoms with van der Waals surface area (Å²) in [5.74, 6) is -0.192. The smallest absolute Gasteiger partial charge is 0.287 e. The summed E-state index contributed by atoms with van der Waals surface area (Å²) in [6.07, 6.45) is 0.859. The molecule has 0 heterocycles. The van der Waals surface area contributed by atoms with E-state index >= 15 is 0 Å². The fraction of sp³-hybridized carbons (Fsp3) is 0.385. The van der Waals surface area contributed by atoms with Gasteiger partial charge in [0.2, 0.25) is 5.78 Å². The van der Waals surface area contributed by atoms with Crippen molar-refractivity contribution in [1.82, 2.24) is 5.32 Å². The van der Waals surface area contributed by atoms with Gasteiger partial charge in [-0.3, -0.25) is 9.59 Å². The van der Waals surface area contributed by atoms with E-state index in [0.717, 1.165) is 23.3 Å². The highest BCUT2D eigenvalue weighted by Gasteiger charge is 2.07. The largest absolute Gasteiger partial charge is 0.496 e. The monoisotopic (exact) mass is 235 g/mol. The molecular weight excluding hydrogens is 218 g/mol. The number of aryl methyl sites for hydroxylation is 1. The molecule has 1 aromatic carbocycles. The number of hydrogen-bond acceptors (Lipinski definition) is 3. The molecule has 1 rings (SSSR count). The number of rotatable bonds is 5. The molecule has 1 aromatic rings. The predicted molar refractivity (Wildman–Crippen MR) is 64.9 cm³/mol. The van der Waals surface area contributed by atoms with Crippen LogP contribution in [0.5, 0.6) is 5.75 Å². The third-order valence-corrected chi connectivity index (χ3v) is 2.50. The molecule has 17 heavy (non-hydrogen) atoms. The Hall–Kier alpha value is -1.84. The lowest BCUT2D eigenvalue weighted by molar-refractivity contribution is -0.136. The fourth-order valence-corrected chi connectivity index (χ4v) is 1.52. The van der Waals surface area contributed by atoms with E-state index in [2.05, 4.69) is 5.32 Å². The normalized spacial score (nSPS) is 9.82. The van der Waals surface area contributed by atoms with Crippen molar-refractivity contribution in [3.63, 3.8) is 0 Å². The lowest BCUT2D eigenvalue weighted by atomic mass is 10.1. The van der Waals surface area contributed by atoms with E-state index in [-0.39, 0.29) is 0 Å². The number of carbonyl (C=O) groups is 2. The van der Waals surface area contributed by atoms with Crippen molar-refractivity contribution in [2.45, 2.75) is 26.8 Å². The van der Waals surface area contributed by atoms with Crippen molar-refractivity contribution in [2.24, 2.45) is 0 Å². The summed E-state index contributed by atoms with van der Waals surface area (Å²) in [6.45, 7) is 3.64. The van der Waals surface area contributed by atoms with E-state index in [9.17, 15) is 9.59 Å². The lowest BCUT2D eigenvalue weighted by Gasteiger charge is -2.09. The zero-order chi connectivity index (χ0) is 12.8. The Bertz CT molecular complexity index is 427. The Morgan fingerprint density at radius 1 is 1.35 bits per heavy atom. The minimum absolute atomic E-state index is 0.357. The Morgan fingerprint density at radius 3 is 2.59 bits per heavy atom. The molecule has 4 heteroatoms. The molecule has 0 unspecified atom stereocenters. The first-order valence-electron chi connectivity index (χ1n) is 5.53. The van der Waals surface area contributed by atoms with Gasteiger partial charge in [-0.2, -0.15) is 0 Å². The van der Waals surface area contributed by atoms with Gasteiger partial charge in [0.25, 0.3) is 5.91 Å². The van der Waals surface area contributed by atoms with Crippen LogP contribution in [-0.2, 0) is 22.6 Å². The molecule has 0 saturated heterocycles. The van der Waals surface area contributed by atoms with Crippen LogP contribution in [0.4, 0.5) is 0 Å². The lowest BCUT2D eigenvalue weighted by Crippen LogP contribution is -2.28. The molecule has 0 aromatic heterocycles. The van der Waals surface area contributed by atoms with Crippen LogP contribution >= 0.6 is 0 Å². The third-order valence-electron chi connectivity index (χ3n) is 2.50. The predicted octanol–water partition coefficient (Wildman–Crippen LogP) is 1.46. The molecular formula is C13H17NO3. The van der Waals surface area contributed by atoms with E-state index < -0.39 is 11.7 Å². The van der Waals surface area contributed by atoms with Crippen molar-refractivity contribution >= 4 is 11.7 Å². The highest BCUT2D eigenvalue weighted by Crippen LogP contribution is 2.20. The number of ether oxygens (including phenoxy) is 1. The minimum Gasteiger partial charge on any atom is -0.496 e. The molecule has 0 spiro atoms. The van der Waals surface area contributed by atoms with Gasteiger partial charge < -0.3 is 10.1 Å². The summed E-state index contributed by atoms with van der Waals surface area (Å²) >= 11 is 0. The summed E-state index contributed by atoms with van der Waals surface area (Å²) in [5, 5.41) is 2.56. The molecule has 4 nitrogen and oxygen atoms in total. The van der Waals surface area contributed by atoms with Gasteiger partial charge in [0.05, 0.1) is 7.11 Å². The standard InChI is InChI=1S/C13H17NO3/c1-4-11-7-10(5-6-12(11)17-3)8-14-13(16)9(2)15/h5-7H,4,8H2,1-3H3,(H,14,16). The van der Waals surface area contributed by atoms with E-state index in [1.54, 1.807) is 7.11 Å². The van der Waals surface area contributed by atoms with Crippen LogP contribution < -0.4 is 10.1 Å². The SMILES string of the molecule is CCc1cc(CNC(=O)C(C)=O)ccc1OC. The number of methoxy groups -OCH3 is 1. The molecule has 1 N–H and O–H groups in total. The number of Topliss-reactive ketones (excluding diaryl/α,β-unsaturated/α-hetero) is 1. The first kappa shape index (κ1) is 13.2. The maximum absolute atomic E-state index is 11.1. The second kappa shape index (κ2) is 6.03. The second-order valence-electron chi connectivity index (χ2n) is 3.74. The van der Waals surface area contributed by atoms with Crippen molar-refractivity contribution in [1.29, 1.82) is 0 Å². The van der Waals surface area contributed by atoms with Gasteiger partial charge in [0.1, 0.15) is 5.75 Å². The van der Waals surface area contributed by atoms with Crippen molar-refractivity contribution < 1.29 is 14.3 Å². The number of hydrogen-bond donors (Lipinski definition) is 1. The van der Waals surface area contributed by atoms with Crippen LogP contribution in [0.2, 0.25) is 0 Å². The maximum Gasteiger partial charge on any atom is 0.287 e. The molecule has 0 saturated carbocycles. The first-order valence-corrected chi connectivity index (χ1v) is 5.53. The fourth-order valence-electron chi connectivity index (χ4n) is 1.52. The van der Waals surface area contributed by atoms with Crippen LogP contribution in [0.3, 0.4) is 0 Å². The molecule has 0 aliphatic rings. The molecule has 1 amide bonds. The van der Waals surface area contributed by atoms with Gasteiger partial charge in [0, 0.05) is 13.5 Å². The maximum atomic E-state index is 11.1. The third kappa shape index (κ3) is 3.59. The summed E-state index contributed by atoms with van der Waals surface area (Å²) < 4.78 is 5.21.